The van der Waals surface area contributed by atoms with Crippen LogP contribution in [0, 0.1) is 6.92 Å². The van der Waals surface area contributed by atoms with E-state index in [0.29, 0.717) is 11.4 Å². The quantitative estimate of drug-likeness (QED) is 0.717. The second-order valence-electron chi connectivity index (χ2n) is 4.25. The zero-order valence-corrected chi connectivity index (χ0v) is 14.8. The van der Waals surface area contributed by atoms with Gasteiger partial charge in [0.15, 0.2) is 0 Å². The lowest BCUT2D eigenvalue weighted by atomic mass is 10.4. The molecular formula is C12H21BrN2O2S2. The molecule has 19 heavy (non-hydrogen) atoms. The minimum absolute atomic E-state index is 0.382. The van der Waals surface area contributed by atoms with Gasteiger partial charge in [0.1, 0.15) is 0 Å². The van der Waals surface area contributed by atoms with Gasteiger partial charge in [-0.3, -0.25) is 0 Å². The van der Waals surface area contributed by atoms with Crippen molar-refractivity contribution in [3.8, 4) is 0 Å². The van der Waals surface area contributed by atoms with Gasteiger partial charge in [-0.05, 0) is 55.0 Å². The summed E-state index contributed by atoms with van der Waals surface area (Å²) >= 11 is 4.75. The maximum absolute atomic E-state index is 12.1. The molecule has 1 heterocycles. The number of halogens is 1. The molecule has 0 unspecified atom stereocenters. The van der Waals surface area contributed by atoms with Crippen LogP contribution in [0.25, 0.3) is 0 Å². The lowest BCUT2D eigenvalue weighted by Gasteiger charge is -2.17. The summed E-state index contributed by atoms with van der Waals surface area (Å²) in [5, 5.41) is 0. The Morgan fingerprint density at radius 2 is 2.00 bits per heavy atom. The highest BCUT2D eigenvalue weighted by Crippen LogP contribution is 2.29. The van der Waals surface area contributed by atoms with Gasteiger partial charge in [0, 0.05) is 11.4 Å². The first-order valence-electron chi connectivity index (χ1n) is 6.38. The largest absolute Gasteiger partial charge is 0.304 e. The van der Waals surface area contributed by atoms with E-state index in [1.165, 1.54) is 11.3 Å². The van der Waals surface area contributed by atoms with E-state index in [2.05, 4.69) is 39.4 Å². The van der Waals surface area contributed by atoms with Crippen molar-refractivity contribution < 1.29 is 8.42 Å². The molecule has 110 valence electrons. The molecule has 0 aliphatic rings. The fourth-order valence-corrected chi connectivity index (χ4v) is 5.31. The molecule has 0 aliphatic carbocycles. The van der Waals surface area contributed by atoms with Gasteiger partial charge in [0.2, 0.25) is 10.0 Å². The Kier molecular flexibility index (Phi) is 6.96. The van der Waals surface area contributed by atoms with Crippen molar-refractivity contribution >= 4 is 37.3 Å². The molecule has 7 heteroatoms. The molecular weight excluding hydrogens is 348 g/mol. The molecule has 1 aromatic heterocycles. The van der Waals surface area contributed by atoms with E-state index >= 15 is 0 Å². The average molecular weight is 369 g/mol. The normalized spacial score (nSPS) is 12.3. The summed E-state index contributed by atoms with van der Waals surface area (Å²) in [5.41, 5.74) is 0. The maximum Gasteiger partial charge on any atom is 0.241 e. The Balaban J connectivity index is 2.50. The summed E-state index contributed by atoms with van der Waals surface area (Å²) < 4.78 is 27.7. The topological polar surface area (TPSA) is 49.4 Å². The van der Waals surface area contributed by atoms with Gasteiger partial charge in [0.25, 0.3) is 0 Å². The first-order chi connectivity index (χ1) is 8.90. The predicted molar refractivity (Wildman–Crippen MR) is 84.3 cm³/mol. The number of thiophene rings is 1. The van der Waals surface area contributed by atoms with Gasteiger partial charge in [-0.2, -0.15) is 0 Å². The highest BCUT2D eigenvalue weighted by atomic mass is 79.9. The number of aryl methyl sites for hydroxylation is 1. The fraction of sp³-hybridized carbons (Fsp3) is 0.667. The Hall–Kier alpha value is 0.0500. The van der Waals surface area contributed by atoms with Crippen molar-refractivity contribution in [3.05, 3.63) is 14.7 Å². The molecule has 0 radical (unpaired) electrons. The molecule has 0 fully saturated rings. The van der Waals surface area contributed by atoms with Gasteiger partial charge in [0.05, 0.1) is 8.68 Å². The number of hydrogen-bond acceptors (Lipinski definition) is 4. The van der Waals surface area contributed by atoms with Crippen molar-refractivity contribution in [3.63, 3.8) is 0 Å². The van der Waals surface area contributed by atoms with Crippen LogP contribution in [0.2, 0.25) is 0 Å². The smallest absolute Gasteiger partial charge is 0.241 e. The van der Waals surface area contributed by atoms with Crippen molar-refractivity contribution in [2.45, 2.75) is 32.1 Å². The lowest BCUT2D eigenvalue weighted by Crippen LogP contribution is -2.30. The summed E-state index contributed by atoms with van der Waals surface area (Å²) in [6.45, 7) is 9.44. The predicted octanol–water partition coefficient (Wildman–Crippen LogP) is 2.83. The molecule has 0 atom stereocenters. The van der Waals surface area contributed by atoms with E-state index < -0.39 is 10.0 Å². The minimum atomic E-state index is -3.37. The molecule has 0 aromatic carbocycles. The Morgan fingerprint density at radius 1 is 1.37 bits per heavy atom. The van der Waals surface area contributed by atoms with Crippen LogP contribution in [0.15, 0.2) is 14.7 Å². The van der Waals surface area contributed by atoms with Crippen LogP contribution in [0.3, 0.4) is 0 Å². The van der Waals surface area contributed by atoms with Crippen LogP contribution in [-0.2, 0) is 10.0 Å². The molecule has 0 saturated heterocycles. The number of rotatable bonds is 8. The molecule has 0 bridgehead atoms. The molecule has 1 aromatic rings. The second kappa shape index (κ2) is 7.73. The number of sulfonamides is 1. The Bertz CT molecular complexity index is 496. The van der Waals surface area contributed by atoms with Gasteiger partial charge >= 0.3 is 0 Å². The molecule has 0 aliphatic heterocycles. The van der Waals surface area contributed by atoms with E-state index in [4.69, 9.17) is 0 Å². The van der Waals surface area contributed by atoms with Gasteiger partial charge in [-0.1, -0.05) is 13.8 Å². The number of nitrogens with one attached hydrogen (secondary N) is 1. The number of hydrogen-bond donors (Lipinski definition) is 1. The van der Waals surface area contributed by atoms with Crippen molar-refractivity contribution in [1.29, 1.82) is 0 Å². The summed E-state index contributed by atoms with van der Waals surface area (Å²) in [4.78, 5) is 3.47. The summed E-state index contributed by atoms with van der Waals surface area (Å²) in [6.07, 6.45) is 0.825. The molecule has 1 rings (SSSR count). The standard InChI is InChI=1S/C12H21BrN2O2S2/c1-4-15(5-2)8-6-7-14-19(16,17)11-9-12(13)18-10(11)3/h9,14H,4-8H2,1-3H3. The average Bonchev–Trinajstić information content (AvgIpc) is 2.69. The van der Waals surface area contributed by atoms with Crippen LogP contribution >= 0.6 is 27.3 Å². The molecule has 0 saturated carbocycles. The van der Waals surface area contributed by atoms with Crippen molar-refractivity contribution in [2.24, 2.45) is 0 Å². The van der Waals surface area contributed by atoms with E-state index in [0.717, 1.165) is 34.7 Å². The van der Waals surface area contributed by atoms with E-state index in [1.807, 2.05) is 6.92 Å². The lowest BCUT2D eigenvalue weighted by molar-refractivity contribution is 0.300. The SMILES string of the molecule is CCN(CC)CCCNS(=O)(=O)c1cc(Br)sc1C. The summed E-state index contributed by atoms with van der Waals surface area (Å²) in [6, 6.07) is 1.66. The first kappa shape index (κ1) is 17.1. The molecule has 4 nitrogen and oxygen atoms in total. The third kappa shape index (κ3) is 5.15. The summed E-state index contributed by atoms with van der Waals surface area (Å²) in [5.74, 6) is 0. The van der Waals surface area contributed by atoms with Gasteiger partial charge in [-0.25, -0.2) is 13.1 Å². The molecule has 1 N–H and O–H groups in total. The van der Waals surface area contributed by atoms with Crippen LogP contribution in [0.1, 0.15) is 25.1 Å². The van der Waals surface area contributed by atoms with Crippen LogP contribution in [0.4, 0.5) is 0 Å². The third-order valence-electron chi connectivity index (χ3n) is 2.97. The van der Waals surface area contributed by atoms with Gasteiger partial charge in [-0.15, -0.1) is 11.3 Å². The first-order valence-corrected chi connectivity index (χ1v) is 9.48. The van der Waals surface area contributed by atoms with Crippen molar-refractivity contribution in [1.82, 2.24) is 9.62 Å². The number of nitrogens with zero attached hydrogens (tertiary/aromatic N) is 1. The second-order valence-corrected chi connectivity index (χ2v) is 8.62. The Labute approximate surface area is 128 Å². The van der Waals surface area contributed by atoms with E-state index in [1.54, 1.807) is 6.07 Å². The molecule has 0 spiro atoms. The zero-order chi connectivity index (χ0) is 14.5. The maximum atomic E-state index is 12.1. The van der Waals surface area contributed by atoms with Crippen LogP contribution in [0.5, 0.6) is 0 Å². The third-order valence-corrected chi connectivity index (χ3v) is 6.24. The minimum Gasteiger partial charge on any atom is -0.304 e. The zero-order valence-electron chi connectivity index (χ0n) is 11.6. The van der Waals surface area contributed by atoms with E-state index in [9.17, 15) is 8.42 Å². The summed E-state index contributed by atoms with van der Waals surface area (Å²) in [7, 11) is -3.37. The fourth-order valence-electron chi connectivity index (χ4n) is 1.82. The van der Waals surface area contributed by atoms with Crippen LogP contribution in [-0.4, -0.2) is 39.5 Å². The molecule has 0 amide bonds. The highest BCUT2D eigenvalue weighted by molar-refractivity contribution is 9.11. The van der Waals surface area contributed by atoms with Crippen molar-refractivity contribution in [2.75, 3.05) is 26.2 Å². The Morgan fingerprint density at radius 3 is 2.47 bits per heavy atom. The van der Waals surface area contributed by atoms with Crippen LogP contribution < -0.4 is 4.72 Å². The van der Waals surface area contributed by atoms with E-state index in [-0.39, 0.29) is 0 Å². The monoisotopic (exact) mass is 368 g/mol. The highest BCUT2D eigenvalue weighted by Gasteiger charge is 2.18. The van der Waals surface area contributed by atoms with Gasteiger partial charge < -0.3 is 4.90 Å².